The van der Waals surface area contributed by atoms with E-state index < -0.39 is 29.0 Å². The van der Waals surface area contributed by atoms with E-state index in [1.165, 1.54) is 4.90 Å². The minimum Gasteiger partial charge on any atom is -0.444 e. The molecule has 19 heavy (non-hydrogen) atoms. The van der Waals surface area contributed by atoms with Gasteiger partial charge < -0.3 is 9.72 Å². The van der Waals surface area contributed by atoms with Gasteiger partial charge in [-0.3, -0.25) is 14.7 Å². The zero-order chi connectivity index (χ0) is 14.4. The summed E-state index contributed by atoms with van der Waals surface area (Å²) in [7, 11) is 0. The number of aromatic nitrogens is 2. The number of hydrogen-bond acceptors (Lipinski definition) is 4. The van der Waals surface area contributed by atoms with Crippen molar-refractivity contribution in [2.75, 3.05) is 0 Å². The van der Waals surface area contributed by atoms with Crippen molar-refractivity contribution in [2.24, 2.45) is 0 Å². The van der Waals surface area contributed by atoms with E-state index in [0.717, 1.165) is 0 Å². The second kappa shape index (κ2) is 4.25. The van der Waals surface area contributed by atoms with Gasteiger partial charge in [0.05, 0.1) is 18.2 Å². The van der Waals surface area contributed by atoms with Gasteiger partial charge in [0.25, 0.3) is 5.56 Å². The van der Waals surface area contributed by atoms with Gasteiger partial charge in [-0.25, -0.2) is 9.59 Å². The number of nitrogens with zero attached hydrogens (tertiary/aromatic N) is 1. The third kappa shape index (κ3) is 2.54. The molecule has 1 aromatic heterocycles. The lowest BCUT2D eigenvalue weighted by atomic mass is 10.1. The Morgan fingerprint density at radius 3 is 2.53 bits per heavy atom. The molecule has 0 aliphatic carbocycles. The highest BCUT2D eigenvalue weighted by atomic mass is 16.6. The maximum absolute atomic E-state index is 12.0. The molecule has 2 N–H and O–H groups in total. The van der Waals surface area contributed by atoms with Crippen molar-refractivity contribution in [3.63, 3.8) is 0 Å². The normalized spacial score (nSPS) is 18.3. The molecule has 1 aliphatic heterocycles. The fourth-order valence-corrected chi connectivity index (χ4v) is 2.12. The van der Waals surface area contributed by atoms with Crippen LogP contribution in [-0.4, -0.2) is 26.6 Å². The number of rotatable bonds is 0. The molecule has 1 amide bonds. The van der Waals surface area contributed by atoms with Crippen LogP contribution in [0.1, 0.15) is 45.0 Å². The topological polar surface area (TPSA) is 95.3 Å². The molecular weight excluding hydrogens is 250 g/mol. The smallest absolute Gasteiger partial charge is 0.411 e. The highest BCUT2D eigenvalue weighted by Crippen LogP contribution is 2.30. The Morgan fingerprint density at radius 1 is 1.32 bits per heavy atom. The zero-order valence-corrected chi connectivity index (χ0v) is 11.4. The summed E-state index contributed by atoms with van der Waals surface area (Å²) >= 11 is 0. The fourth-order valence-electron chi connectivity index (χ4n) is 2.12. The molecule has 0 saturated carbocycles. The fraction of sp³-hybridized carbons (Fsp3) is 0.583. The van der Waals surface area contributed by atoms with Gasteiger partial charge in [0.15, 0.2) is 0 Å². The van der Waals surface area contributed by atoms with Crippen molar-refractivity contribution in [3.05, 3.63) is 32.1 Å². The quantitative estimate of drug-likeness (QED) is 0.729. The number of nitrogens with one attached hydrogen (secondary N) is 2. The van der Waals surface area contributed by atoms with Gasteiger partial charge in [-0.2, -0.15) is 0 Å². The maximum Gasteiger partial charge on any atom is 0.411 e. The Hall–Kier alpha value is -2.05. The van der Waals surface area contributed by atoms with Crippen molar-refractivity contribution in [1.82, 2.24) is 14.9 Å². The summed E-state index contributed by atoms with van der Waals surface area (Å²) in [6.07, 6.45) is -0.503. The van der Waals surface area contributed by atoms with Crippen LogP contribution in [0.5, 0.6) is 0 Å². The first-order valence-corrected chi connectivity index (χ1v) is 6.04. The maximum atomic E-state index is 12.0. The summed E-state index contributed by atoms with van der Waals surface area (Å²) in [5.74, 6) is 0. The van der Waals surface area contributed by atoms with Gasteiger partial charge in [-0.05, 0) is 27.7 Å². The molecule has 0 aromatic carbocycles. The molecule has 0 spiro atoms. The van der Waals surface area contributed by atoms with Crippen LogP contribution < -0.4 is 11.2 Å². The monoisotopic (exact) mass is 267 g/mol. The molecule has 1 aliphatic rings. The molecule has 7 heteroatoms. The van der Waals surface area contributed by atoms with E-state index >= 15 is 0 Å². The van der Waals surface area contributed by atoms with Crippen molar-refractivity contribution in [3.8, 4) is 0 Å². The van der Waals surface area contributed by atoms with Crippen LogP contribution in [0.4, 0.5) is 4.79 Å². The largest absolute Gasteiger partial charge is 0.444 e. The molecule has 1 aromatic rings. The standard InChI is InChI=1S/C12H17N3O4/c1-6-8-7(13-10(17)14-9(8)16)5-15(6)11(18)19-12(2,3)4/h6H,5H2,1-4H3,(H2,13,14,16,17). The highest BCUT2D eigenvalue weighted by Gasteiger charge is 2.36. The van der Waals surface area contributed by atoms with Crippen LogP contribution in [0.2, 0.25) is 0 Å². The Labute approximate surface area is 109 Å². The van der Waals surface area contributed by atoms with Crippen LogP contribution in [0.25, 0.3) is 0 Å². The lowest BCUT2D eigenvalue weighted by molar-refractivity contribution is 0.0186. The molecule has 2 rings (SSSR count). The van der Waals surface area contributed by atoms with Crippen LogP contribution in [0, 0.1) is 0 Å². The lowest BCUT2D eigenvalue weighted by Crippen LogP contribution is -2.35. The lowest BCUT2D eigenvalue weighted by Gasteiger charge is -2.26. The third-order valence-corrected chi connectivity index (χ3v) is 2.90. The second-order valence-electron chi connectivity index (χ2n) is 5.58. The van der Waals surface area contributed by atoms with Gasteiger partial charge in [0, 0.05) is 5.69 Å². The van der Waals surface area contributed by atoms with Gasteiger partial charge in [-0.15, -0.1) is 0 Å². The van der Waals surface area contributed by atoms with Crippen molar-refractivity contribution in [2.45, 2.75) is 45.9 Å². The van der Waals surface area contributed by atoms with E-state index in [0.29, 0.717) is 11.3 Å². The summed E-state index contributed by atoms with van der Waals surface area (Å²) in [5, 5.41) is 0. The van der Waals surface area contributed by atoms with E-state index in [2.05, 4.69) is 9.97 Å². The van der Waals surface area contributed by atoms with E-state index in [9.17, 15) is 14.4 Å². The van der Waals surface area contributed by atoms with Gasteiger partial charge in [-0.1, -0.05) is 0 Å². The van der Waals surface area contributed by atoms with Crippen molar-refractivity contribution >= 4 is 6.09 Å². The first kappa shape index (κ1) is 13.4. The highest BCUT2D eigenvalue weighted by molar-refractivity contribution is 5.69. The Kier molecular flexibility index (Phi) is 3.00. The number of aromatic amines is 2. The minimum atomic E-state index is -0.606. The van der Waals surface area contributed by atoms with Gasteiger partial charge in [0.2, 0.25) is 0 Å². The second-order valence-corrected chi connectivity index (χ2v) is 5.58. The molecule has 1 atom stereocenters. The van der Waals surface area contributed by atoms with Crippen LogP contribution >= 0.6 is 0 Å². The third-order valence-electron chi connectivity index (χ3n) is 2.90. The van der Waals surface area contributed by atoms with Gasteiger partial charge in [0.1, 0.15) is 5.60 Å². The number of hydrogen-bond donors (Lipinski definition) is 2. The molecule has 0 saturated heterocycles. The average Bonchev–Trinajstić information content (AvgIpc) is 2.53. The van der Waals surface area contributed by atoms with E-state index in [4.69, 9.17) is 4.74 Å². The molecule has 104 valence electrons. The number of ether oxygens (including phenoxy) is 1. The van der Waals surface area contributed by atoms with E-state index in [1.807, 2.05) is 0 Å². The number of fused-ring (bicyclic) bond motifs is 1. The van der Waals surface area contributed by atoms with Crippen LogP contribution in [-0.2, 0) is 11.3 Å². The molecule has 2 heterocycles. The SMILES string of the molecule is CC1c2c([nH]c(=O)[nH]c2=O)CN1C(=O)OC(C)(C)C. The first-order chi connectivity index (χ1) is 8.69. The van der Waals surface area contributed by atoms with E-state index in [1.54, 1.807) is 27.7 Å². The molecular formula is C12H17N3O4. The number of carbonyl (C=O) groups is 1. The van der Waals surface area contributed by atoms with Crippen molar-refractivity contribution in [1.29, 1.82) is 0 Å². The van der Waals surface area contributed by atoms with Crippen LogP contribution in [0.15, 0.2) is 9.59 Å². The Morgan fingerprint density at radius 2 is 1.95 bits per heavy atom. The van der Waals surface area contributed by atoms with Gasteiger partial charge >= 0.3 is 11.8 Å². The van der Waals surface area contributed by atoms with Crippen LogP contribution in [0.3, 0.4) is 0 Å². The van der Waals surface area contributed by atoms with E-state index in [-0.39, 0.29) is 6.54 Å². The number of amides is 1. The summed E-state index contributed by atoms with van der Waals surface area (Å²) in [4.78, 5) is 41.1. The average molecular weight is 267 g/mol. The molecule has 7 nitrogen and oxygen atoms in total. The summed E-state index contributed by atoms with van der Waals surface area (Å²) in [5.41, 5.74) is -0.761. The summed E-state index contributed by atoms with van der Waals surface area (Å²) in [6.45, 7) is 7.21. The zero-order valence-electron chi connectivity index (χ0n) is 11.4. The minimum absolute atomic E-state index is 0.171. The Balaban J connectivity index is 2.31. The summed E-state index contributed by atoms with van der Waals surface area (Å²) < 4.78 is 5.28. The molecule has 1 unspecified atom stereocenters. The Bertz CT molecular complexity index is 623. The predicted octanol–water partition coefficient (Wildman–Crippen LogP) is 0.875. The molecule has 0 radical (unpaired) electrons. The molecule has 0 fully saturated rings. The number of carbonyl (C=O) groups excluding carboxylic acids is 1. The molecule has 0 bridgehead atoms. The number of H-pyrrole nitrogens is 2. The predicted molar refractivity (Wildman–Crippen MR) is 67.9 cm³/mol. The van der Waals surface area contributed by atoms with Crippen molar-refractivity contribution < 1.29 is 9.53 Å². The first-order valence-electron chi connectivity index (χ1n) is 6.04. The summed E-state index contributed by atoms with van der Waals surface area (Å²) in [6, 6.07) is -0.426.